The topological polar surface area (TPSA) is 111 Å². The molecule has 4 rings (SSSR count). The van der Waals surface area contributed by atoms with Gasteiger partial charge < -0.3 is 24.6 Å². The first-order valence-corrected chi connectivity index (χ1v) is 11.7. The number of phenolic OH excluding ortho intramolecular Hbond substituents is 1. The lowest BCUT2D eigenvalue weighted by Crippen LogP contribution is -2.43. The highest BCUT2D eigenvalue weighted by Gasteiger charge is 2.47. The van der Waals surface area contributed by atoms with Crippen molar-refractivity contribution in [2.45, 2.75) is 58.0 Å². The number of aromatic hydroxyl groups is 1. The van der Waals surface area contributed by atoms with Crippen molar-refractivity contribution in [2.75, 3.05) is 14.2 Å². The van der Waals surface area contributed by atoms with E-state index in [1.165, 1.54) is 20.3 Å². The van der Waals surface area contributed by atoms with Crippen LogP contribution >= 0.6 is 0 Å². The van der Waals surface area contributed by atoms with Crippen LogP contribution in [0.5, 0.6) is 11.5 Å². The smallest absolute Gasteiger partial charge is 0.337 e. The second kappa shape index (κ2) is 9.52. The number of carbonyl (C=O) groups excluding carboxylic acids is 3. The molecule has 8 nitrogen and oxygen atoms in total. The van der Waals surface area contributed by atoms with E-state index in [2.05, 4.69) is 5.32 Å². The first kappa shape index (κ1) is 23.9. The molecule has 0 amide bonds. The van der Waals surface area contributed by atoms with Gasteiger partial charge in [-0.2, -0.15) is 0 Å². The number of ether oxygens (including phenoxy) is 3. The van der Waals surface area contributed by atoms with Crippen LogP contribution in [0.2, 0.25) is 0 Å². The summed E-state index contributed by atoms with van der Waals surface area (Å²) in [6.45, 7) is 3.63. The molecule has 1 heterocycles. The Morgan fingerprint density at radius 1 is 1.15 bits per heavy atom. The minimum Gasteiger partial charge on any atom is -0.504 e. The summed E-state index contributed by atoms with van der Waals surface area (Å²) in [5.74, 6) is -3.27. The Bertz CT molecular complexity index is 1080. The average Bonchev–Trinajstić information content (AvgIpc) is 3.31. The quantitative estimate of drug-likeness (QED) is 0.498. The molecule has 1 saturated carbocycles. The number of nitrogens with one attached hydrogen (secondary N) is 1. The van der Waals surface area contributed by atoms with Crippen LogP contribution in [0.25, 0.3) is 0 Å². The number of phenols is 1. The van der Waals surface area contributed by atoms with E-state index in [1.807, 2.05) is 6.92 Å². The number of benzene rings is 1. The van der Waals surface area contributed by atoms with Gasteiger partial charge in [0.05, 0.1) is 19.8 Å². The van der Waals surface area contributed by atoms with Gasteiger partial charge in [-0.15, -0.1) is 0 Å². The summed E-state index contributed by atoms with van der Waals surface area (Å²) in [7, 11) is 2.70. The molecule has 2 aliphatic carbocycles. The molecule has 0 radical (unpaired) electrons. The van der Waals surface area contributed by atoms with Crippen LogP contribution in [-0.4, -0.2) is 43.2 Å². The number of hydrogen-bond donors (Lipinski definition) is 2. The van der Waals surface area contributed by atoms with Crippen LogP contribution in [0.1, 0.15) is 57.4 Å². The molecule has 0 saturated heterocycles. The van der Waals surface area contributed by atoms with Gasteiger partial charge in [0.25, 0.3) is 0 Å². The number of carbonyl (C=O) groups is 3. The minimum absolute atomic E-state index is 0.0544. The highest BCUT2D eigenvalue weighted by molar-refractivity contribution is 6.12. The average molecular weight is 470 g/mol. The molecular weight excluding hydrogens is 438 g/mol. The van der Waals surface area contributed by atoms with E-state index in [0.29, 0.717) is 34.5 Å². The van der Waals surface area contributed by atoms with Crippen molar-refractivity contribution in [1.29, 1.82) is 0 Å². The van der Waals surface area contributed by atoms with Crippen molar-refractivity contribution in [1.82, 2.24) is 5.32 Å². The third-order valence-corrected chi connectivity index (χ3v) is 7.08. The van der Waals surface area contributed by atoms with Crippen LogP contribution in [0.3, 0.4) is 0 Å². The summed E-state index contributed by atoms with van der Waals surface area (Å²) < 4.78 is 16.1. The largest absolute Gasteiger partial charge is 0.504 e. The fourth-order valence-electron chi connectivity index (χ4n) is 5.38. The van der Waals surface area contributed by atoms with E-state index in [0.717, 1.165) is 25.7 Å². The molecule has 1 aromatic carbocycles. The fourth-order valence-corrected chi connectivity index (χ4v) is 5.38. The predicted molar refractivity (Wildman–Crippen MR) is 123 cm³/mol. The highest BCUT2D eigenvalue weighted by Crippen LogP contribution is 2.47. The van der Waals surface area contributed by atoms with Crippen LogP contribution in [-0.2, 0) is 23.9 Å². The van der Waals surface area contributed by atoms with Gasteiger partial charge in [0.15, 0.2) is 17.3 Å². The molecular formula is C26H31NO7. The normalized spacial score (nSPS) is 25.1. The van der Waals surface area contributed by atoms with Gasteiger partial charge in [-0.3, -0.25) is 9.59 Å². The molecule has 3 atom stereocenters. The van der Waals surface area contributed by atoms with Gasteiger partial charge in [-0.1, -0.05) is 13.0 Å². The molecule has 2 N–H and O–H groups in total. The van der Waals surface area contributed by atoms with Gasteiger partial charge in [-0.25, -0.2) is 4.79 Å². The van der Waals surface area contributed by atoms with Gasteiger partial charge in [0, 0.05) is 22.9 Å². The SMILES string of the molecule is COC(=O)[C@@H]1C(=O)C2=C(C[C@H]1C)NC(C)=C(C(=O)OC1CCCC1)[C@@H]2c1ccc(O)c(OC)c1. The van der Waals surface area contributed by atoms with Crippen molar-refractivity contribution < 1.29 is 33.7 Å². The van der Waals surface area contributed by atoms with Crippen molar-refractivity contribution in [3.8, 4) is 11.5 Å². The number of ketones is 1. The number of allylic oxidation sites excluding steroid dienone is 3. The van der Waals surface area contributed by atoms with Gasteiger partial charge >= 0.3 is 11.9 Å². The number of dihydropyridines is 1. The Hall–Kier alpha value is -3.29. The maximum absolute atomic E-state index is 13.7. The number of methoxy groups -OCH3 is 2. The molecule has 1 aromatic rings. The molecule has 0 bridgehead atoms. The van der Waals surface area contributed by atoms with Gasteiger partial charge in [-0.05, 0) is 62.6 Å². The fraction of sp³-hybridized carbons (Fsp3) is 0.500. The summed E-state index contributed by atoms with van der Waals surface area (Å²) in [6.07, 6.45) is 3.96. The summed E-state index contributed by atoms with van der Waals surface area (Å²) in [5, 5.41) is 13.4. The lowest BCUT2D eigenvalue weighted by molar-refractivity contribution is -0.151. The van der Waals surface area contributed by atoms with E-state index in [4.69, 9.17) is 14.2 Å². The van der Waals surface area contributed by atoms with Crippen molar-refractivity contribution in [2.24, 2.45) is 11.8 Å². The minimum atomic E-state index is -0.961. The zero-order chi connectivity index (χ0) is 24.6. The monoisotopic (exact) mass is 469 g/mol. The summed E-state index contributed by atoms with van der Waals surface area (Å²) in [5.41, 5.74) is 2.56. The second-order valence-corrected chi connectivity index (χ2v) is 9.28. The Kier molecular flexibility index (Phi) is 6.68. The molecule has 0 unspecified atom stereocenters. The summed E-state index contributed by atoms with van der Waals surface area (Å²) in [4.78, 5) is 39.7. The van der Waals surface area contributed by atoms with Gasteiger partial charge in [0.2, 0.25) is 0 Å². The summed E-state index contributed by atoms with van der Waals surface area (Å²) in [6, 6.07) is 4.75. The molecule has 0 aromatic heterocycles. The molecule has 3 aliphatic rings. The van der Waals surface area contributed by atoms with Crippen LogP contribution in [0.15, 0.2) is 40.7 Å². The van der Waals surface area contributed by atoms with Crippen molar-refractivity contribution in [3.05, 3.63) is 46.3 Å². The van der Waals surface area contributed by atoms with Gasteiger partial charge in [0.1, 0.15) is 12.0 Å². The third kappa shape index (κ3) is 4.17. The molecule has 34 heavy (non-hydrogen) atoms. The van der Waals surface area contributed by atoms with Crippen LogP contribution in [0, 0.1) is 11.8 Å². The molecule has 0 spiro atoms. The highest BCUT2D eigenvalue weighted by atomic mass is 16.5. The third-order valence-electron chi connectivity index (χ3n) is 7.08. The summed E-state index contributed by atoms with van der Waals surface area (Å²) >= 11 is 0. The van der Waals surface area contributed by atoms with E-state index < -0.39 is 23.8 Å². The Morgan fingerprint density at radius 2 is 1.85 bits per heavy atom. The Labute approximate surface area is 199 Å². The zero-order valence-electron chi connectivity index (χ0n) is 20.0. The first-order chi connectivity index (χ1) is 16.3. The zero-order valence-corrected chi connectivity index (χ0v) is 20.0. The van der Waals surface area contributed by atoms with Crippen LogP contribution < -0.4 is 10.1 Å². The lowest BCUT2D eigenvalue weighted by atomic mass is 9.69. The Morgan fingerprint density at radius 3 is 2.50 bits per heavy atom. The maximum Gasteiger partial charge on any atom is 0.337 e. The van der Waals surface area contributed by atoms with E-state index in [9.17, 15) is 19.5 Å². The van der Waals surface area contributed by atoms with E-state index in [-0.39, 0.29) is 29.3 Å². The maximum atomic E-state index is 13.7. The molecule has 1 fully saturated rings. The second-order valence-electron chi connectivity index (χ2n) is 9.28. The van der Waals surface area contributed by atoms with Crippen molar-refractivity contribution >= 4 is 17.7 Å². The number of hydrogen-bond acceptors (Lipinski definition) is 8. The molecule has 8 heteroatoms. The number of rotatable bonds is 5. The predicted octanol–water partition coefficient (Wildman–Crippen LogP) is 3.50. The molecule has 1 aliphatic heterocycles. The van der Waals surface area contributed by atoms with E-state index >= 15 is 0 Å². The number of esters is 2. The Balaban J connectivity index is 1.84. The standard InChI is InChI=1S/C26H31NO7/c1-13-11-17-23(24(29)20(13)25(30)33-4)22(15-9-10-18(28)19(12-15)32-3)21(14(2)27-17)26(31)34-16-7-5-6-8-16/h9-10,12-13,16,20,22,27-28H,5-8,11H2,1-4H3/t13-,20+,22+/m1/s1. The van der Waals surface area contributed by atoms with E-state index in [1.54, 1.807) is 19.1 Å². The molecule has 182 valence electrons. The lowest BCUT2D eigenvalue weighted by Gasteiger charge is -2.38. The van der Waals surface area contributed by atoms with Crippen LogP contribution in [0.4, 0.5) is 0 Å². The number of Topliss-reactive ketones (excluding diaryl/α,β-unsaturated/α-hetero) is 1. The van der Waals surface area contributed by atoms with Crippen molar-refractivity contribution in [3.63, 3.8) is 0 Å². The first-order valence-electron chi connectivity index (χ1n) is 11.7.